The Morgan fingerprint density at radius 3 is 2.52 bits per heavy atom. The third kappa shape index (κ3) is 3.69. The van der Waals surface area contributed by atoms with Crippen molar-refractivity contribution < 1.29 is 19.2 Å². The van der Waals surface area contributed by atoms with Gasteiger partial charge in [-0.25, -0.2) is 4.79 Å². The predicted octanol–water partition coefficient (Wildman–Crippen LogP) is 2.97. The number of piperidine rings is 1. The Morgan fingerprint density at radius 1 is 1.22 bits per heavy atom. The summed E-state index contributed by atoms with van der Waals surface area (Å²) in [5, 5.41) is 10.9. The molecule has 8 heteroatoms. The third-order valence-corrected chi connectivity index (χ3v) is 4.96. The first-order valence-corrected chi connectivity index (χ1v) is 8.72. The van der Waals surface area contributed by atoms with Crippen molar-refractivity contribution in [3.63, 3.8) is 0 Å². The molecule has 0 radical (unpaired) electrons. The average Bonchev–Trinajstić information content (AvgIpc) is 3.16. The van der Waals surface area contributed by atoms with E-state index in [1.807, 2.05) is 16.8 Å². The van der Waals surface area contributed by atoms with E-state index in [-0.39, 0.29) is 23.6 Å². The monoisotopic (exact) mass is 371 g/mol. The lowest BCUT2D eigenvalue weighted by atomic mass is 10.0. The van der Waals surface area contributed by atoms with Gasteiger partial charge in [0.25, 0.3) is 11.6 Å². The quantitative estimate of drug-likeness (QED) is 0.468. The fourth-order valence-corrected chi connectivity index (χ4v) is 3.51. The van der Waals surface area contributed by atoms with Crippen molar-refractivity contribution in [3.05, 3.63) is 63.5 Å². The molecule has 0 aliphatic carbocycles. The molecule has 0 bridgehead atoms. The number of amides is 1. The van der Waals surface area contributed by atoms with Crippen molar-refractivity contribution >= 4 is 17.6 Å². The highest BCUT2D eigenvalue weighted by atomic mass is 16.6. The minimum atomic E-state index is -0.453. The zero-order valence-electron chi connectivity index (χ0n) is 15.3. The maximum atomic E-state index is 12.7. The van der Waals surface area contributed by atoms with Crippen molar-refractivity contribution in [2.45, 2.75) is 25.8 Å². The second kappa shape index (κ2) is 7.61. The van der Waals surface area contributed by atoms with Crippen molar-refractivity contribution in [3.8, 4) is 0 Å². The van der Waals surface area contributed by atoms with E-state index in [1.165, 1.54) is 19.2 Å². The molecular formula is C19H21N3O5. The van der Waals surface area contributed by atoms with Crippen LogP contribution in [0.15, 0.2) is 36.5 Å². The number of nitrogens with zero attached hydrogens (tertiary/aromatic N) is 3. The van der Waals surface area contributed by atoms with E-state index < -0.39 is 4.92 Å². The maximum absolute atomic E-state index is 12.7. The second-order valence-corrected chi connectivity index (χ2v) is 6.57. The highest BCUT2D eigenvalue weighted by Gasteiger charge is 2.27. The van der Waals surface area contributed by atoms with Gasteiger partial charge in [-0.05, 0) is 44.0 Å². The number of nitro groups is 1. The van der Waals surface area contributed by atoms with Gasteiger partial charge in [0, 0.05) is 42.5 Å². The number of aromatic nitrogens is 1. The minimum absolute atomic E-state index is 0.00760. The smallest absolute Gasteiger partial charge is 0.354 e. The number of hydrogen-bond donors (Lipinski definition) is 0. The summed E-state index contributed by atoms with van der Waals surface area (Å²) in [7, 11) is 1.35. The molecule has 0 atom stereocenters. The molecule has 3 rings (SSSR count). The first-order valence-electron chi connectivity index (χ1n) is 8.72. The molecule has 1 aliphatic rings. The van der Waals surface area contributed by atoms with Crippen LogP contribution in [0.5, 0.6) is 0 Å². The predicted molar refractivity (Wildman–Crippen MR) is 97.8 cm³/mol. The number of aryl methyl sites for hydroxylation is 1. The van der Waals surface area contributed by atoms with Gasteiger partial charge >= 0.3 is 5.97 Å². The molecular weight excluding hydrogens is 350 g/mol. The molecule has 27 heavy (non-hydrogen) atoms. The van der Waals surface area contributed by atoms with Gasteiger partial charge in [-0.2, -0.15) is 0 Å². The number of likely N-dealkylation sites (tertiary alicyclic amines) is 1. The van der Waals surface area contributed by atoms with Crippen molar-refractivity contribution in [1.82, 2.24) is 9.47 Å². The molecule has 1 fully saturated rings. The van der Waals surface area contributed by atoms with Crippen LogP contribution in [0.1, 0.15) is 45.3 Å². The summed E-state index contributed by atoms with van der Waals surface area (Å²) >= 11 is 0. The highest BCUT2D eigenvalue weighted by molar-refractivity contribution is 5.94. The summed E-state index contributed by atoms with van der Waals surface area (Å²) < 4.78 is 6.72. The SMILES string of the molecule is COC(=O)c1cccn1C1CCN(C(=O)c2ccc([N+](=O)[O-])c(C)c2)CC1. The average molecular weight is 371 g/mol. The normalized spacial score (nSPS) is 14.8. The molecule has 1 amide bonds. The first kappa shape index (κ1) is 18.6. The fraction of sp³-hybridized carbons (Fsp3) is 0.368. The van der Waals surface area contributed by atoms with E-state index >= 15 is 0 Å². The van der Waals surface area contributed by atoms with E-state index in [0.29, 0.717) is 29.9 Å². The lowest BCUT2D eigenvalue weighted by molar-refractivity contribution is -0.385. The topological polar surface area (TPSA) is 94.7 Å². The van der Waals surface area contributed by atoms with Gasteiger partial charge in [-0.15, -0.1) is 0 Å². The number of ether oxygens (including phenoxy) is 1. The molecule has 142 valence electrons. The van der Waals surface area contributed by atoms with Gasteiger partial charge in [0.05, 0.1) is 12.0 Å². The van der Waals surface area contributed by atoms with Gasteiger partial charge < -0.3 is 14.2 Å². The lowest BCUT2D eigenvalue weighted by Gasteiger charge is -2.33. The zero-order chi connectivity index (χ0) is 19.6. The van der Waals surface area contributed by atoms with Crippen LogP contribution in [0.25, 0.3) is 0 Å². The molecule has 1 saturated heterocycles. The Hall–Kier alpha value is -3.16. The molecule has 2 heterocycles. The van der Waals surface area contributed by atoms with E-state index in [2.05, 4.69) is 0 Å². The van der Waals surface area contributed by atoms with Crippen molar-refractivity contribution in [2.24, 2.45) is 0 Å². The van der Waals surface area contributed by atoms with Crippen LogP contribution in [0, 0.1) is 17.0 Å². The Morgan fingerprint density at radius 2 is 1.93 bits per heavy atom. The number of esters is 1. The Kier molecular flexibility index (Phi) is 5.25. The molecule has 2 aromatic rings. The number of methoxy groups -OCH3 is 1. The van der Waals surface area contributed by atoms with E-state index in [1.54, 1.807) is 24.0 Å². The Labute approximate surface area is 156 Å². The largest absolute Gasteiger partial charge is 0.464 e. The van der Waals surface area contributed by atoms with Crippen molar-refractivity contribution in [1.29, 1.82) is 0 Å². The molecule has 0 unspecified atom stereocenters. The first-order chi connectivity index (χ1) is 12.9. The van der Waals surface area contributed by atoms with Gasteiger partial charge in [-0.1, -0.05) is 0 Å². The molecule has 1 aromatic carbocycles. The third-order valence-electron chi connectivity index (χ3n) is 4.96. The van der Waals surface area contributed by atoms with E-state index in [9.17, 15) is 19.7 Å². The summed E-state index contributed by atoms with van der Waals surface area (Å²) in [5.74, 6) is -0.507. The number of carbonyl (C=O) groups is 2. The fourth-order valence-electron chi connectivity index (χ4n) is 3.51. The van der Waals surface area contributed by atoms with Gasteiger partial charge in [0.2, 0.25) is 0 Å². The Bertz CT molecular complexity index is 881. The minimum Gasteiger partial charge on any atom is -0.464 e. The van der Waals surface area contributed by atoms with Crippen LogP contribution in [0.4, 0.5) is 5.69 Å². The summed E-state index contributed by atoms with van der Waals surface area (Å²) in [5.41, 5.74) is 1.44. The molecule has 8 nitrogen and oxygen atoms in total. The molecule has 1 aromatic heterocycles. The zero-order valence-corrected chi connectivity index (χ0v) is 15.3. The molecule has 0 N–H and O–H groups in total. The van der Waals surface area contributed by atoms with Crippen LogP contribution in [-0.2, 0) is 4.74 Å². The van der Waals surface area contributed by atoms with Crippen LogP contribution in [0.3, 0.4) is 0 Å². The Balaban J connectivity index is 1.68. The maximum Gasteiger partial charge on any atom is 0.354 e. The number of hydrogen-bond acceptors (Lipinski definition) is 5. The van der Waals surface area contributed by atoms with Gasteiger partial charge in [0.1, 0.15) is 5.69 Å². The number of nitro benzene ring substituents is 1. The summed E-state index contributed by atoms with van der Waals surface area (Å²) in [6.07, 6.45) is 3.29. The summed E-state index contributed by atoms with van der Waals surface area (Å²) in [6, 6.07) is 8.09. The second-order valence-electron chi connectivity index (χ2n) is 6.57. The molecule has 0 spiro atoms. The van der Waals surface area contributed by atoms with E-state index in [4.69, 9.17) is 4.74 Å². The number of carbonyl (C=O) groups excluding carboxylic acids is 2. The lowest BCUT2D eigenvalue weighted by Crippen LogP contribution is -2.39. The van der Waals surface area contributed by atoms with Crippen LogP contribution in [0.2, 0.25) is 0 Å². The summed E-state index contributed by atoms with van der Waals surface area (Å²) in [4.78, 5) is 36.8. The molecule has 0 saturated carbocycles. The standard InChI is InChI=1S/C19H21N3O5/c1-13-12-14(5-6-16(13)22(25)26)18(23)20-10-7-15(8-11-20)21-9-3-4-17(21)19(24)27-2/h3-6,9,12,15H,7-8,10-11H2,1-2H3. The highest BCUT2D eigenvalue weighted by Crippen LogP contribution is 2.27. The van der Waals surface area contributed by atoms with Gasteiger partial charge in [-0.3, -0.25) is 14.9 Å². The van der Waals surface area contributed by atoms with Gasteiger partial charge in [0.15, 0.2) is 0 Å². The van der Waals surface area contributed by atoms with E-state index in [0.717, 1.165) is 12.8 Å². The molecule has 1 aliphatic heterocycles. The summed E-state index contributed by atoms with van der Waals surface area (Å²) in [6.45, 7) is 2.73. The van der Waals surface area contributed by atoms with Crippen LogP contribution in [-0.4, -0.2) is 46.5 Å². The number of rotatable bonds is 4. The van der Waals surface area contributed by atoms with Crippen LogP contribution >= 0.6 is 0 Å². The number of benzene rings is 1. The van der Waals surface area contributed by atoms with Crippen LogP contribution < -0.4 is 0 Å². The van der Waals surface area contributed by atoms with Crippen molar-refractivity contribution in [2.75, 3.05) is 20.2 Å².